The van der Waals surface area contributed by atoms with Crippen molar-refractivity contribution in [2.45, 2.75) is 25.9 Å². The van der Waals surface area contributed by atoms with Gasteiger partial charge in [-0.25, -0.2) is 0 Å². The van der Waals surface area contributed by atoms with Gasteiger partial charge in [0, 0.05) is 17.5 Å². The Hall–Kier alpha value is -0.620. The Morgan fingerprint density at radius 2 is 2.18 bits per heavy atom. The van der Waals surface area contributed by atoms with Crippen LogP contribution < -0.4 is 11.5 Å². The van der Waals surface area contributed by atoms with E-state index in [1.165, 1.54) is 11.3 Å². The van der Waals surface area contributed by atoms with E-state index in [0.29, 0.717) is 6.54 Å². The van der Waals surface area contributed by atoms with Gasteiger partial charge in [0.25, 0.3) is 0 Å². The van der Waals surface area contributed by atoms with Crippen molar-refractivity contribution in [2.75, 3.05) is 13.1 Å². The van der Waals surface area contributed by atoms with Gasteiger partial charge in [0.05, 0.1) is 16.9 Å². The van der Waals surface area contributed by atoms with Gasteiger partial charge in [-0.3, -0.25) is 9.69 Å². The van der Waals surface area contributed by atoms with Crippen LogP contribution in [0.15, 0.2) is 12.1 Å². The highest BCUT2D eigenvalue weighted by atomic mass is 35.5. The zero-order valence-electron chi connectivity index (χ0n) is 10.0. The molecule has 1 aromatic rings. The fourth-order valence-electron chi connectivity index (χ4n) is 1.75. The number of hydrogen-bond acceptors (Lipinski definition) is 4. The molecule has 6 heteroatoms. The molecule has 0 bridgehead atoms. The predicted molar refractivity (Wildman–Crippen MR) is 72.2 cm³/mol. The molecule has 1 aromatic heterocycles. The van der Waals surface area contributed by atoms with Gasteiger partial charge in [0.1, 0.15) is 0 Å². The van der Waals surface area contributed by atoms with Gasteiger partial charge >= 0.3 is 0 Å². The molecule has 1 heterocycles. The molecule has 0 aliphatic carbocycles. The fourth-order valence-corrected chi connectivity index (χ4v) is 2.95. The summed E-state index contributed by atoms with van der Waals surface area (Å²) in [6.45, 7) is 4.67. The normalized spacial score (nSPS) is 13.3. The average molecular weight is 276 g/mol. The standard InChI is InChI=1S/C11H18ClN3OS/c1-7(2)15(6-11(14)16)8(5-13)9-3-4-10(12)17-9/h3-4,7-8H,5-6,13H2,1-2H3,(H2,14,16). The van der Waals surface area contributed by atoms with Crippen LogP contribution in [0.4, 0.5) is 0 Å². The number of amides is 1. The molecule has 1 atom stereocenters. The highest BCUT2D eigenvalue weighted by Gasteiger charge is 2.24. The largest absolute Gasteiger partial charge is 0.369 e. The molecule has 1 unspecified atom stereocenters. The number of nitrogens with two attached hydrogens (primary N) is 2. The Balaban J connectivity index is 2.92. The highest BCUT2D eigenvalue weighted by molar-refractivity contribution is 7.16. The number of thiophene rings is 1. The number of carbonyl (C=O) groups is 1. The van der Waals surface area contributed by atoms with Crippen LogP contribution in [-0.2, 0) is 4.79 Å². The molecule has 17 heavy (non-hydrogen) atoms. The lowest BCUT2D eigenvalue weighted by atomic mass is 10.1. The zero-order valence-corrected chi connectivity index (χ0v) is 11.6. The molecule has 0 fully saturated rings. The maximum atomic E-state index is 11.1. The van der Waals surface area contributed by atoms with Crippen molar-refractivity contribution in [1.82, 2.24) is 4.90 Å². The Bertz CT molecular complexity index is 381. The molecule has 0 saturated heterocycles. The Kier molecular flexibility index (Phi) is 5.39. The summed E-state index contributed by atoms with van der Waals surface area (Å²) in [6.07, 6.45) is 0. The van der Waals surface area contributed by atoms with E-state index in [9.17, 15) is 4.79 Å². The molecule has 0 radical (unpaired) electrons. The molecule has 4 N–H and O–H groups in total. The maximum absolute atomic E-state index is 11.1. The Morgan fingerprint density at radius 1 is 1.53 bits per heavy atom. The fraction of sp³-hybridized carbons (Fsp3) is 0.545. The van der Waals surface area contributed by atoms with E-state index >= 15 is 0 Å². The van der Waals surface area contributed by atoms with Crippen molar-refractivity contribution < 1.29 is 4.79 Å². The number of nitrogens with zero attached hydrogens (tertiary/aromatic N) is 1. The third-order valence-electron chi connectivity index (χ3n) is 2.55. The molecular formula is C11H18ClN3OS. The first-order valence-corrected chi connectivity index (χ1v) is 6.64. The molecule has 4 nitrogen and oxygen atoms in total. The SMILES string of the molecule is CC(C)N(CC(N)=O)C(CN)c1ccc(Cl)s1. The Labute approximate surface area is 111 Å². The number of halogens is 1. The molecule has 0 saturated carbocycles. The summed E-state index contributed by atoms with van der Waals surface area (Å²) >= 11 is 7.40. The van der Waals surface area contributed by atoms with E-state index in [1.807, 2.05) is 30.9 Å². The first-order chi connectivity index (χ1) is 7.95. The lowest BCUT2D eigenvalue weighted by Crippen LogP contribution is -2.43. The van der Waals surface area contributed by atoms with Crippen molar-refractivity contribution in [3.8, 4) is 0 Å². The van der Waals surface area contributed by atoms with Gasteiger partial charge in [-0.2, -0.15) is 0 Å². The second-order valence-electron chi connectivity index (χ2n) is 4.13. The summed E-state index contributed by atoms with van der Waals surface area (Å²) in [5, 5.41) is 0. The van der Waals surface area contributed by atoms with Crippen molar-refractivity contribution >= 4 is 28.8 Å². The van der Waals surface area contributed by atoms with E-state index in [1.54, 1.807) is 0 Å². The van der Waals surface area contributed by atoms with Crippen molar-refractivity contribution in [3.05, 3.63) is 21.3 Å². The third-order valence-corrected chi connectivity index (χ3v) is 3.88. The van der Waals surface area contributed by atoms with Crippen LogP contribution in [-0.4, -0.2) is 29.9 Å². The van der Waals surface area contributed by atoms with Crippen LogP contribution in [0.1, 0.15) is 24.8 Å². The first-order valence-electron chi connectivity index (χ1n) is 5.45. The predicted octanol–water partition coefficient (Wildman–Crippen LogP) is 1.60. The van der Waals surface area contributed by atoms with Crippen molar-refractivity contribution in [1.29, 1.82) is 0 Å². The van der Waals surface area contributed by atoms with E-state index in [2.05, 4.69) is 0 Å². The molecule has 0 spiro atoms. The molecule has 1 amide bonds. The van der Waals surface area contributed by atoms with Crippen LogP contribution in [0.2, 0.25) is 4.34 Å². The lowest BCUT2D eigenvalue weighted by Gasteiger charge is -2.32. The van der Waals surface area contributed by atoms with Crippen LogP contribution >= 0.6 is 22.9 Å². The summed E-state index contributed by atoms with van der Waals surface area (Å²) < 4.78 is 0.723. The molecule has 0 aliphatic heterocycles. The minimum atomic E-state index is -0.347. The van der Waals surface area contributed by atoms with Crippen LogP contribution in [0.5, 0.6) is 0 Å². The van der Waals surface area contributed by atoms with Crippen molar-refractivity contribution in [3.63, 3.8) is 0 Å². The number of primary amides is 1. The van der Waals surface area contributed by atoms with E-state index in [-0.39, 0.29) is 24.5 Å². The molecule has 0 aromatic carbocycles. The minimum Gasteiger partial charge on any atom is -0.369 e. The number of hydrogen-bond donors (Lipinski definition) is 2. The molecule has 96 valence electrons. The van der Waals surface area contributed by atoms with Crippen LogP contribution in [0.25, 0.3) is 0 Å². The first kappa shape index (κ1) is 14.4. The second-order valence-corrected chi connectivity index (χ2v) is 5.87. The molecule has 0 aliphatic rings. The summed E-state index contributed by atoms with van der Waals surface area (Å²) in [5.74, 6) is -0.347. The molecular weight excluding hydrogens is 258 g/mol. The van der Waals surface area contributed by atoms with Crippen molar-refractivity contribution in [2.24, 2.45) is 11.5 Å². The van der Waals surface area contributed by atoms with Crippen LogP contribution in [0, 0.1) is 0 Å². The monoisotopic (exact) mass is 275 g/mol. The van der Waals surface area contributed by atoms with E-state index in [4.69, 9.17) is 23.1 Å². The topological polar surface area (TPSA) is 72.3 Å². The quantitative estimate of drug-likeness (QED) is 0.828. The van der Waals surface area contributed by atoms with Gasteiger partial charge in [-0.1, -0.05) is 11.6 Å². The summed E-state index contributed by atoms with van der Waals surface area (Å²) in [6, 6.07) is 3.96. The summed E-state index contributed by atoms with van der Waals surface area (Å²) in [5.41, 5.74) is 11.1. The van der Waals surface area contributed by atoms with E-state index in [0.717, 1.165) is 9.21 Å². The average Bonchev–Trinajstić information content (AvgIpc) is 2.64. The zero-order chi connectivity index (χ0) is 13.0. The van der Waals surface area contributed by atoms with Gasteiger partial charge in [-0.05, 0) is 26.0 Å². The second kappa shape index (κ2) is 6.35. The summed E-state index contributed by atoms with van der Waals surface area (Å²) in [4.78, 5) is 14.1. The van der Waals surface area contributed by atoms with E-state index < -0.39 is 0 Å². The number of carbonyl (C=O) groups excluding carboxylic acids is 1. The van der Waals surface area contributed by atoms with Gasteiger partial charge in [0.15, 0.2) is 0 Å². The Morgan fingerprint density at radius 3 is 2.53 bits per heavy atom. The molecule has 1 rings (SSSR count). The lowest BCUT2D eigenvalue weighted by molar-refractivity contribution is -0.120. The third kappa shape index (κ3) is 3.96. The van der Waals surface area contributed by atoms with Gasteiger partial charge < -0.3 is 11.5 Å². The maximum Gasteiger partial charge on any atom is 0.231 e. The van der Waals surface area contributed by atoms with Gasteiger partial charge in [0.2, 0.25) is 5.91 Å². The number of rotatable bonds is 6. The highest BCUT2D eigenvalue weighted by Crippen LogP contribution is 2.30. The minimum absolute atomic E-state index is 0.0139. The smallest absolute Gasteiger partial charge is 0.231 e. The van der Waals surface area contributed by atoms with Crippen LogP contribution in [0.3, 0.4) is 0 Å². The summed E-state index contributed by atoms with van der Waals surface area (Å²) in [7, 11) is 0. The van der Waals surface area contributed by atoms with Gasteiger partial charge in [-0.15, -0.1) is 11.3 Å².